The predicted octanol–water partition coefficient (Wildman–Crippen LogP) is 2.13. The standard InChI is InChI=1S/C15H23N3O/c1-3-17-15(16-2)18-11-9-14(10-12-18)19-13-7-5-4-6-8-13/h4-8,14H,3,9-12H2,1-2H3,(H,16,17). The van der Waals surface area contributed by atoms with Crippen molar-refractivity contribution in [3.63, 3.8) is 0 Å². The van der Waals surface area contributed by atoms with Crippen LogP contribution < -0.4 is 10.1 Å². The molecule has 1 aromatic carbocycles. The molecule has 1 aromatic rings. The summed E-state index contributed by atoms with van der Waals surface area (Å²) >= 11 is 0. The second-order valence-electron chi connectivity index (χ2n) is 4.69. The minimum atomic E-state index is 0.318. The minimum Gasteiger partial charge on any atom is -0.490 e. The SMILES string of the molecule is CCNC(=NC)N1CCC(Oc2ccccc2)CC1. The third kappa shape index (κ3) is 3.88. The fraction of sp³-hybridized carbons (Fsp3) is 0.533. The highest BCUT2D eigenvalue weighted by Crippen LogP contribution is 2.18. The highest BCUT2D eigenvalue weighted by atomic mass is 16.5. The summed E-state index contributed by atoms with van der Waals surface area (Å²) < 4.78 is 5.99. The summed E-state index contributed by atoms with van der Waals surface area (Å²) in [6, 6.07) is 10.1. The lowest BCUT2D eigenvalue weighted by molar-refractivity contribution is 0.129. The maximum absolute atomic E-state index is 5.99. The Morgan fingerprint density at radius 2 is 2.00 bits per heavy atom. The molecule has 1 saturated heterocycles. The van der Waals surface area contributed by atoms with E-state index in [1.807, 2.05) is 37.4 Å². The van der Waals surface area contributed by atoms with E-state index in [0.29, 0.717) is 6.10 Å². The van der Waals surface area contributed by atoms with Crippen LogP contribution in [0.15, 0.2) is 35.3 Å². The minimum absolute atomic E-state index is 0.318. The maximum atomic E-state index is 5.99. The van der Waals surface area contributed by atoms with Gasteiger partial charge in [-0.25, -0.2) is 0 Å². The highest BCUT2D eigenvalue weighted by molar-refractivity contribution is 5.79. The molecule has 1 fully saturated rings. The molecule has 1 N–H and O–H groups in total. The Morgan fingerprint density at radius 1 is 1.32 bits per heavy atom. The van der Waals surface area contributed by atoms with Gasteiger partial charge in [0.1, 0.15) is 11.9 Å². The molecule has 2 rings (SSSR count). The molecule has 19 heavy (non-hydrogen) atoms. The Bertz CT molecular complexity index is 397. The van der Waals surface area contributed by atoms with Gasteiger partial charge in [0.15, 0.2) is 5.96 Å². The largest absolute Gasteiger partial charge is 0.490 e. The molecule has 0 aliphatic carbocycles. The van der Waals surface area contributed by atoms with Crippen molar-refractivity contribution in [3.8, 4) is 5.75 Å². The highest BCUT2D eigenvalue weighted by Gasteiger charge is 2.22. The first-order valence-electron chi connectivity index (χ1n) is 7.00. The van der Waals surface area contributed by atoms with E-state index in [1.165, 1.54) is 0 Å². The van der Waals surface area contributed by atoms with Crippen LogP contribution in [0.2, 0.25) is 0 Å². The summed E-state index contributed by atoms with van der Waals surface area (Å²) in [5.41, 5.74) is 0. The van der Waals surface area contributed by atoms with Gasteiger partial charge in [0.2, 0.25) is 0 Å². The summed E-state index contributed by atoms with van der Waals surface area (Å²) in [6.45, 7) is 5.00. The van der Waals surface area contributed by atoms with E-state index >= 15 is 0 Å². The third-order valence-corrected chi connectivity index (χ3v) is 3.33. The van der Waals surface area contributed by atoms with Crippen LogP contribution >= 0.6 is 0 Å². The quantitative estimate of drug-likeness (QED) is 0.669. The number of likely N-dealkylation sites (tertiary alicyclic amines) is 1. The second kappa shape index (κ2) is 7.02. The van der Waals surface area contributed by atoms with Crippen LogP contribution in [0.4, 0.5) is 0 Å². The smallest absolute Gasteiger partial charge is 0.193 e. The van der Waals surface area contributed by atoms with Crippen molar-refractivity contribution in [1.82, 2.24) is 10.2 Å². The number of para-hydroxylation sites is 1. The Morgan fingerprint density at radius 3 is 2.58 bits per heavy atom. The number of hydrogen-bond acceptors (Lipinski definition) is 2. The van der Waals surface area contributed by atoms with Gasteiger partial charge < -0.3 is 15.0 Å². The number of guanidine groups is 1. The Balaban J connectivity index is 1.82. The summed E-state index contributed by atoms with van der Waals surface area (Å²) in [5, 5.41) is 3.30. The van der Waals surface area contributed by atoms with E-state index < -0.39 is 0 Å². The van der Waals surface area contributed by atoms with E-state index in [1.54, 1.807) is 0 Å². The second-order valence-corrected chi connectivity index (χ2v) is 4.69. The molecule has 104 valence electrons. The normalized spacial score (nSPS) is 17.4. The number of nitrogens with zero attached hydrogens (tertiary/aromatic N) is 2. The van der Waals surface area contributed by atoms with Gasteiger partial charge in [-0.05, 0) is 19.1 Å². The molecule has 0 saturated carbocycles. The molecule has 0 bridgehead atoms. The molecule has 0 atom stereocenters. The molecule has 1 aliphatic rings. The van der Waals surface area contributed by atoms with Crippen molar-refractivity contribution in [2.24, 2.45) is 4.99 Å². The third-order valence-electron chi connectivity index (χ3n) is 3.33. The molecular weight excluding hydrogens is 238 g/mol. The van der Waals surface area contributed by atoms with Gasteiger partial charge in [-0.15, -0.1) is 0 Å². The van der Waals surface area contributed by atoms with E-state index in [2.05, 4.69) is 22.1 Å². The van der Waals surface area contributed by atoms with Crippen LogP contribution in [0.3, 0.4) is 0 Å². The van der Waals surface area contributed by atoms with E-state index in [4.69, 9.17) is 4.74 Å². The average molecular weight is 261 g/mol. The Labute approximate surface area is 115 Å². The number of ether oxygens (including phenoxy) is 1. The molecule has 4 nitrogen and oxygen atoms in total. The lowest BCUT2D eigenvalue weighted by atomic mass is 10.1. The zero-order valence-corrected chi connectivity index (χ0v) is 11.8. The molecule has 1 heterocycles. The summed E-state index contributed by atoms with van der Waals surface area (Å²) in [5.74, 6) is 1.97. The number of rotatable bonds is 3. The molecule has 4 heteroatoms. The van der Waals surface area contributed by atoms with Crippen LogP contribution in [0.5, 0.6) is 5.75 Å². The van der Waals surface area contributed by atoms with Crippen molar-refractivity contribution in [1.29, 1.82) is 0 Å². The van der Waals surface area contributed by atoms with Crippen LogP contribution in [0.1, 0.15) is 19.8 Å². The van der Waals surface area contributed by atoms with Crippen LogP contribution in [-0.4, -0.2) is 43.6 Å². The number of benzene rings is 1. The average Bonchev–Trinajstić information content (AvgIpc) is 2.47. The molecule has 1 aliphatic heterocycles. The summed E-state index contributed by atoms with van der Waals surface area (Å²) in [6.07, 6.45) is 2.40. The molecule has 0 amide bonds. The van der Waals surface area contributed by atoms with Crippen LogP contribution in [0, 0.1) is 0 Å². The van der Waals surface area contributed by atoms with Gasteiger partial charge in [-0.2, -0.15) is 0 Å². The first kappa shape index (κ1) is 13.7. The molecule has 0 unspecified atom stereocenters. The van der Waals surface area contributed by atoms with E-state index in [0.717, 1.165) is 44.2 Å². The Hall–Kier alpha value is -1.71. The first-order chi connectivity index (χ1) is 9.33. The zero-order valence-electron chi connectivity index (χ0n) is 11.8. The fourth-order valence-corrected chi connectivity index (χ4v) is 2.37. The lowest BCUT2D eigenvalue weighted by Gasteiger charge is -2.34. The molecule has 0 spiro atoms. The van der Waals surface area contributed by atoms with Crippen molar-refractivity contribution in [2.75, 3.05) is 26.7 Å². The fourth-order valence-electron chi connectivity index (χ4n) is 2.37. The topological polar surface area (TPSA) is 36.9 Å². The van der Waals surface area contributed by atoms with Gasteiger partial charge >= 0.3 is 0 Å². The number of piperidine rings is 1. The van der Waals surface area contributed by atoms with Crippen molar-refractivity contribution >= 4 is 5.96 Å². The molecular formula is C15H23N3O. The van der Waals surface area contributed by atoms with Crippen LogP contribution in [0.25, 0.3) is 0 Å². The molecule has 0 aromatic heterocycles. The summed E-state index contributed by atoms with van der Waals surface area (Å²) in [4.78, 5) is 6.60. The number of hydrogen-bond donors (Lipinski definition) is 1. The van der Waals surface area contributed by atoms with Gasteiger partial charge in [-0.3, -0.25) is 4.99 Å². The van der Waals surface area contributed by atoms with Crippen molar-refractivity contribution < 1.29 is 4.74 Å². The summed E-state index contributed by atoms with van der Waals surface area (Å²) in [7, 11) is 1.84. The monoisotopic (exact) mass is 261 g/mol. The number of aliphatic imine (C=N–C) groups is 1. The zero-order chi connectivity index (χ0) is 13.5. The number of nitrogens with one attached hydrogen (secondary N) is 1. The first-order valence-corrected chi connectivity index (χ1v) is 7.00. The Kier molecular flexibility index (Phi) is 5.07. The van der Waals surface area contributed by atoms with Gasteiger partial charge in [-0.1, -0.05) is 18.2 Å². The van der Waals surface area contributed by atoms with Gasteiger partial charge in [0.25, 0.3) is 0 Å². The van der Waals surface area contributed by atoms with Crippen molar-refractivity contribution in [2.45, 2.75) is 25.9 Å². The van der Waals surface area contributed by atoms with E-state index in [9.17, 15) is 0 Å². The van der Waals surface area contributed by atoms with Crippen molar-refractivity contribution in [3.05, 3.63) is 30.3 Å². The molecule has 0 radical (unpaired) electrons. The van der Waals surface area contributed by atoms with Gasteiger partial charge in [0.05, 0.1) is 0 Å². The predicted molar refractivity (Wildman–Crippen MR) is 78.7 cm³/mol. The van der Waals surface area contributed by atoms with Crippen LogP contribution in [-0.2, 0) is 0 Å². The van der Waals surface area contributed by atoms with Gasteiger partial charge in [0, 0.05) is 39.5 Å². The van der Waals surface area contributed by atoms with E-state index in [-0.39, 0.29) is 0 Å². The maximum Gasteiger partial charge on any atom is 0.193 e. The lowest BCUT2D eigenvalue weighted by Crippen LogP contribution is -2.47.